The zero-order valence-corrected chi connectivity index (χ0v) is 28.5. The van der Waals surface area contributed by atoms with Crippen molar-refractivity contribution >= 4 is 45.0 Å². The van der Waals surface area contributed by atoms with Crippen molar-refractivity contribution in [2.45, 2.75) is 60.2 Å². The lowest BCUT2D eigenvalue weighted by Crippen LogP contribution is -2.42. The van der Waals surface area contributed by atoms with E-state index in [0.717, 1.165) is 20.9 Å². The van der Waals surface area contributed by atoms with Gasteiger partial charge < -0.3 is 14.6 Å². The summed E-state index contributed by atoms with van der Waals surface area (Å²) in [6.45, 7) is 8.82. The molecule has 6 rings (SSSR count). The summed E-state index contributed by atoms with van der Waals surface area (Å²) < 4.78 is 53.7. The molecule has 4 aromatic heterocycles. The van der Waals surface area contributed by atoms with Crippen LogP contribution in [0.4, 0.5) is 24.8 Å². The van der Waals surface area contributed by atoms with Gasteiger partial charge in [-0.15, -0.1) is 0 Å². The van der Waals surface area contributed by atoms with Crippen LogP contribution in [0.1, 0.15) is 45.2 Å². The summed E-state index contributed by atoms with van der Waals surface area (Å²) in [5.41, 5.74) is 0.201. The summed E-state index contributed by atoms with van der Waals surface area (Å²) in [6.07, 6.45) is 7.88. The fourth-order valence-corrected chi connectivity index (χ4v) is 5.95. The number of halogens is 4. The van der Waals surface area contributed by atoms with Crippen molar-refractivity contribution in [2.24, 2.45) is 0 Å². The summed E-state index contributed by atoms with van der Waals surface area (Å²) in [5.74, 6) is -4.05. The number of ether oxygens (including phenoxy) is 1. The molecule has 258 valence electrons. The van der Waals surface area contributed by atoms with Crippen LogP contribution in [-0.2, 0) is 30.8 Å². The maximum Gasteiger partial charge on any atom is 0.359 e. The molecule has 0 aliphatic carbocycles. The van der Waals surface area contributed by atoms with E-state index in [-0.39, 0.29) is 22.2 Å². The summed E-state index contributed by atoms with van der Waals surface area (Å²) in [7, 11) is 1.59. The van der Waals surface area contributed by atoms with Gasteiger partial charge in [-0.05, 0) is 36.6 Å². The predicted molar refractivity (Wildman–Crippen MR) is 184 cm³/mol. The minimum atomic E-state index is -1.38. The highest BCUT2D eigenvalue weighted by atomic mass is 35.5. The second-order valence-electron chi connectivity index (χ2n) is 10.9. The first-order chi connectivity index (χ1) is 23.6. The Bertz CT molecular complexity index is 2260. The molecule has 6 aromatic rings. The molecule has 0 aliphatic rings. The van der Waals surface area contributed by atoms with Gasteiger partial charge in [0.1, 0.15) is 5.82 Å². The van der Waals surface area contributed by atoms with Gasteiger partial charge in [0.15, 0.2) is 11.6 Å². The van der Waals surface area contributed by atoms with Crippen molar-refractivity contribution < 1.29 is 17.9 Å². The highest BCUT2D eigenvalue weighted by Crippen LogP contribution is 2.35. The summed E-state index contributed by atoms with van der Waals surface area (Å²) >= 11 is 6.74. The van der Waals surface area contributed by atoms with E-state index in [1.807, 2.05) is 50.7 Å². The molecule has 4 heterocycles. The predicted octanol–water partition coefficient (Wildman–Crippen LogP) is 6.60. The van der Waals surface area contributed by atoms with E-state index in [2.05, 4.69) is 20.4 Å². The smallest absolute Gasteiger partial charge is 0.359 e. The maximum atomic E-state index is 15.0. The van der Waals surface area contributed by atoms with E-state index in [0.29, 0.717) is 65.9 Å². The number of hydrogen-bond acceptors (Lipinski definition) is 7. The number of benzene rings is 2. The number of nitrogens with zero attached hydrogens (tertiary/aromatic N) is 7. The molecule has 0 unspecified atom stereocenters. The van der Waals surface area contributed by atoms with E-state index in [9.17, 15) is 22.8 Å². The lowest BCUT2D eigenvalue weighted by molar-refractivity contribution is 0.184. The minimum Gasteiger partial charge on any atom is -0.383 e. The highest BCUT2D eigenvalue weighted by Gasteiger charge is 2.23. The van der Waals surface area contributed by atoms with Crippen molar-refractivity contribution in [2.75, 3.05) is 19.0 Å². The number of methoxy groups -OCH3 is 1. The molecule has 0 saturated carbocycles. The Morgan fingerprint density at radius 3 is 2.47 bits per heavy atom. The molecule has 0 spiro atoms. The highest BCUT2D eigenvalue weighted by molar-refractivity contribution is 6.34. The van der Waals surface area contributed by atoms with Gasteiger partial charge in [0.2, 0.25) is 5.95 Å². The summed E-state index contributed by atoms with van der Waals surface area (Å²) in [6, 6.07) is 4.51. The van der Waals surface area contributed by atoms with Gasteiger partial charge in [0, 0.05) is 54.6 Å². The zero-order chi connectivity index (χ0) is 35.4. The molecule has 0 radical (unpaired) electrons. The number of anilines is 2. The standard InChI is InChI=1S/C32H30ClF3N8O3.C2H6/c1-4-7-41-8-6-18-14-37-15-27(29(18)41)44-31(45)39-30(43(32(44)46)16-19-11-24(35)25(36)13-23(19)34)38-28-20(5-2)21-17-42(9-10-47-3)40-26(21)12-22(28)33;1-2/h6,8,11-15,17H,4-5,7,9-10,16H2,1-3H3,(H,38,39,45);1-2H3. The number of pyridine rings is 1. The first kappa shape index (κ1) is 35.4. The molecular weight excluding hydrogens is 661 g/mol. The van der Waals surface area contributed by atoms with Crippen molar-refractivity contribution in [1.29, 1.82) is 0 Å². The zero-order valence-electron chi connectivity index (χ0n) is 27.7. The van der Waals surface area contributed by atoms with Crippen molar-refractivity contribution in [3.05, 3.63) is 104 Å². The molecule has 0 aliphatic heterocycles. The van der Waals surface area contributed by atoms with Gasteiger partial charge in [0.25, 0.3) is 0 Å². The number of hydrogen-bond donors (Lipinski definition) is 1. The number of nitrogens with one attached hydrogen (secondary N) is 1. The van der Waals surface area contributed by atoms with Crippen LogP contribution in [0.3, 0.4) is 0 Å². The van der Waals surface area contributed by atoms with Crippen LogP contribution < -0.4 is 16.7 Å². The quantitative estimate of drug-likeness (QED) is 0.152. The third-order valence-electron chi connectivity index (χ3n) is 7.88. The second-order valence-corrected chi connectivity index (χ2v) is 11.3. The van der Waals surface area contributed by atoms with Crippen molar-refractivity contribution in [1.82, 2.24) is 33.4 Å². The molecule has 11 nitrogen and oxygen atoms in total. The first-order valence-electron chi connectivity index (χ1n) is 15.9. The van der Waals surface area contributed by atoms with E-state index >= 15 is 0 Å². The number of aromatic nitrogens is 7. The SMILES string of the molecule is CC.CCCn1ccc2cncc(-n3c(=O)nc(Nc4c(Cl)cc5nn(CCOC)cc5c4CC)n(Cc4cc(F)c(F)cc4F)c3=O)c21. The molecule has 2 aromatic carbocycles. The van der Waals surface area contributed by atoms with Crippen LogP contribution in [0.2, 0.25) is 5.02 Å². The maximum absolute atomic E-state index is 15.0. The van der Waals surface area contributed by atoms with Crippen molar-refractivity contribution in [3.63, 3.8) is 0 Å². The van der Waals surface area contributed by atoms with Gasteiger partial charge in [-0.25, -0.2) is 27.3 Å². The van der Waals surface area contributed by atoms with Gasteiger partial charge in [-0.3, -0.25) is 14.2 Å². The molecule has 0 bridgehead atoms. The van der Waals surface area contributed by atoms with Gasteiger partial charge >= 0.3 is 11.4 Å². The van der Waals surface area contributed by atoms with E-state index < -0.39 is 35.4 Å². The van der Waals surface area contributed by atoms with Crippen LogP contribution in [0.5, 0.6) is 0 Å². The van der Waals surface area contributed by atoms with Crippen molar-refractivity contribution in [3.8, 4) is 5.69 Å². The fourth-order valence-electron chi connectivity index (χ4n) is 5.68. The Kier molecular flexibility index (Phi) is 10.9. The molecule has 1 N–H and O–H groups in total. The van der Waals surface area contributed by atoms with Crippen LogP contribution >= 0.6 is 11.6 Å². The van der Waals surface area contributed by atoms with Crippen LogP contribution in [0, 0.1) is 17.5 Å². The second kappa shape index (κ2) is 15.1. The van der Waals surface area contributed by atoms with Gasteiger partial charge in [-0.2, -0.15) is 10.1 Å². The van der Waals surface area contributed by atoms with E-state index in [1.54, 1.807) is 24.1 Å². The Morgan fingerprint density at radius 1 is 1.00 bits per heavy atom. The number of rotatable bonds is 11. The topological polar surface area (TPSA) is 114 Å². The Hall–Kier alpha value is -4.95. The molecule has 0 fully saturated rings. The Balaban J connectivity index is 0.00000230. The molecule has 0 saturated heterocycles. The minimum absolute atomic E-state index is 0.159. The molecular formula is C34H36ClF3N8O3. The van der Waals surface area contributed by atoms with E-state index in [1.165, 1.54) is 6.20 Å². The van der Waals surface area contributed by atoms with Gasteiger partial charge in [-0.1, -0.05) is 39.3 Å². The largest absolute Gasteiger partial charge is 0.383 e. The van der Waals surface area contributed by atoms with Crippen LogP contribution in [-0.4, -0.2) is 47.2 Å². The average molecular weight is 697 g/mol. The Labute approximate surface area is 284 Å². The molecule has 15 heteroatoms. The van der Waals surface area contributed by atoms with Crippen LogP contribution in [0.25, 0.3) is 27.5 Å². The molecule has 0 atom stereocenters. The molecule has 49 heavy (non-hydrogen) atoms. The van der Waals surface area contributed by atoms with Crippen LogP contribution in [0.15, 0.2) is 58.6 Å². The third-order valence-corrected chi connectivity index (χ3v) is 8.17. The number of fused-ring (bicyclic) bond motifs is 2. The molecule has 0 amide bonds. The monoisotopic (exact) mass is 696 g/mol. The first-order valence-corrected chi connectivity index (χ1v) is 16.3. The Morgan fingerprint density at radius 2 is 1.76 bits per heavy atom. The lowest BCUT2D eigenvalue weighted by atomic mass is 10.1. The lowest BCUT2D eigenvalue weighted by Gasteiger charge is -2.19. The fraction of sp³-hybridized carbons (Fsp3) is 0.324. The van der Waals surface area contributed by atoms with E-state index in [4.69, 9.17) is 16.3 Å². The average Bonchev–Trinajstić information content (AvgIpc) is 3.69. The number of aryl methyl sites for hydroxylation is 2. The summed E-state index contributed by atoms with van der Waals surface area (Å²) in [5, 5.41) is 9.26. The van der Waals surface area contributed by atoms with Gasteiger partial charge in [0.05, 0.1) is 53.3 Å². The summed E-state index contributed by atoms with van der Waals surface area (Å²) in [4.78, 5) is 36.5. The normalized spacial score (nSPS) is 11.3. The third kappa shape index (κ3) is 6.83.